The van der Waals surface area contributed by atoms with Gasteiger partial charge >= 0.3 is 0 Å². The second-order valence-electron chi connectivity index (χ2n) is 9.93. The van der Waals surface area contributed by atoms with E-state index in [0.29, 0.717) is 24.5 Å². The molecule has 2 aromatic rings. The Morgan fingerprint density at radius 1 is 1.03 bits per heavy atom. The number of ether oxygens (including phenoxy) is 2. The Bertz CT molecular complexity index is 1100. The summed E-state index contributed by atoms with van der Waals surface area (Å²) in [4.78, 5) is 28.0. The number of hydrogen-bond donors (Lipinski definition) is 1. The minimum atomic E-state index is -0.690. The van der Waals surface area contributed by atoms with Crippen molar-refractivity contribution in [2.75, 3.05) is 20.3 Å². The maximum Gasteiger partial charge on any atom is 0.295 e. The number of ketones is 1. The smallest absolute Gasteiger partial charge is 0.295 e. The zero-order valence-corrected chi connectivity index (χ0v) is 21.7. The van der Waals surface area contributed by atoms with Crippen LogP contribution in [0.2, 0.25) is 0 Å². The van der Waals surface area contributed by atoms with Crippen LogP contribution in [0.25, 0.3) is 5.76 Å². The van der Waals surface area contributed by atoms with Gasteiger partial charge in [0.05, 0.1) is 30.9 Å². The summed E-state index contributed by atoms with van der Waals surface area (Å²) in [7, 11) is 1.52. The summed E-state index contributed by atoms with van der Waals surface area (Å²) in [5.74, 6) is -0.333. The lowest BCUT2D eigenvalue weighted by Gasteiger charge is -2.26. The van der Waals surface area contributed by atoms with Crippen LogP contribution >= 0.6 is 0 Å². The average Bonchev–Trinajstić information content (AvgIpc) is 3.09. The Morgan fingerprint density at radius 2 is 1.71 bits per heavy atom. The molecule has 1 saturated heterocycles. The molecule has 1 heterocycles. The number of aliphatic hydroxyl groups is 1. The van der Waals surface area contributed by atoms with E-state index in [2.05, 4.69) is 20.8 Å². The second-order valence-corrected chi connectivity index (χ2v) is 9.93. The molecule has 1 fully saturated rings. The minimum Gasteiger partial charge on any atom is -0.507 e. The van der Waals surface area contributed by atoms with Crippen LogP contribution in [0.4, 0.5) is 0 Å². The quantitative estimate of drug-likeness (QED) is 0.271. The topological polar surface area (TPSA) is 76.1 Å². The van der Waals surface area contributed by atoms with Crippen molar-refractivity contribution in [3.63, 3.8) is 0 Å². The van der Waals surface area contributed by atoms with Gasteiger partial charge in [-0.3, -0.25) is 9.59 Å². The summed E-state index contributed by atoms with van der Waals surface area (Å²) < 4.78 is 11.2. The van der Waals surface area contributed by atoms with Crippen molar-refractivity contribution in [2.24, 2.45) is 0 Å². The number of carbonyl (C=O) groups is 2. The van der Waals surface area contributed by atoms with Crippen LogP contribution in [0.5, 0.6) is 11.5 Å². The molecule has 1 aliphatic rings. The molecule has 1 atom stereocenters. The van der Waals surface area contributed by atoms with Crippen LogP contribution in [-0.2, 0) is 15.0 Å². The monoisotopic (exact) mass is 479 g/mol. The number of rotatable bonds is 9. The van der Waals surface area contributed by atoms with Gasteiger partial charge in [-0.25, -0.2) is 0 Å². The predicted molar refractivity (Wildman–Crippen MR) is 138 cm³/mol. The molecular weight excluding hydrogens is 442 g/mol. The highest BCUT2D eigenvalue weighted by molar-refractivity contribution is 6.46. The Kier molecular flexibility index (Phi) is 8.26. The van der Waals surface area contributed by atoms with Crippen molar-refractivity contribution in [3.8, 4) is 11.5 Å². The fraction of sp³-hybridized carbons (Fsp3) is 0.448. The number of carbonyl (C=O) groups excluding carboxylic acids is 2. The zero-order valence-electron chi connectivity index (χ0n) is 21.7. The van der Waals surface area contributed by atoms with Gasteiger partial charge in [-0.15, -0.1) is 0 Å². The summed E-state index contributed by atoms with van der Waals surface area (Å²) >= 11 is 0. The normalized spacial score (nSPS) is 17.7. The number of aliphatic hydroxyl groups excluding tert-OH is 1. The van der Waals surface area contributed by atoms with E-state index in [1.165, 1.54) is 7.11 Å². The third-order valence-corrected chi connectivity index (χ3v) is 6.28. The molecule has 0 aliphatic carbocycles. The van der Waals surface area contributed by atoms with Crippen LogP contribution < -0.4 is 9.47 Å². The Labute approximate surface area is 208 Å². The lowest BCUT2D eigenvalue weighted by Crippen LogP contribution is -2.30. The van der Waals surface area contributed by atoms with Crippen molar-refractivity contribution < 1.29 is 24.2 Å². The van der Waals surface area contributed by atoms with Crippen molar-refractivity contribution in [1.82, 2.24) is 4.90 Å². The molecule has 35 heavy (non-hydrogen) atoms. The molecule has 1 N–H and O–H groups in total. The number of amides is 1. The first-order valence-corrected chi connectivity index (χ1v) is 12.3. The molecular formula is C29H37NO5. The van der Waals surface area contributed by atoms with Gasteiger partial charge in [0.25, 0.3) is 11.7 Å². The van der Waals surface area contributed by atoms with Gasteiger partial charge in [-0.2, -0.15) is 0 Å². The lowest BCUT2D eigenvalue weighted by molar-refractivity contribution is -0.139. The second kappa shape index (κ2) is 11.0. The summed E-state index contributed by atoms with van der Waals surface area (Å²) in [6.07, 6.45) is 2.53. The van der Waals surface area contributed by atoms with E-state index in [4.69, 9.17) is 9.47 Å². The summed E-state index contributed by atoms with van der Waals surface area (Å²) in [6, 6.07) is 12.3. The summed E-state index contributed by atoms with van der Waals surface area (Å²) in [6.45, 7) is 11.3. The lowest BCUT2D eigenvalue weighted by atomic mass is 9.85. The van der Waals surface area contributed by atoms with Crippen LogP contribution in [0.3, 0.4) is 0 Å². The van der Waals surface area contributed by atoms with E-state index in [9.17, 15) is 14.7 Å². The zero-order chi connectivity index (χ0) is 25.8. The third-order valence-electron chi connectivity index (χ3n) is 6.28. The van der Waals surface area contributed by atoms with Gasteiger partial charge in [0.15, 0.2) is 0 Å². The highest BCUT2D eigenvalue weighted by atomic mass is 16.5. The van der Waals surface area contributed by atoms with Crippen molar-refractivity contribution in [2.45, 2.75) is 65.3 Å². The van der Waals surface area contributed by atoms with Gasteiger partial charge in [0.2, 0.25) is 0 Å². The number of benzene rings is 2. The molecule has 0 spiro atoms. The van der Waals surface area contributed by atoms with Gasteiger partial charge in [0.1, 0.15) is 17.3 Å². The average molecular weight is 480 g/mol. The van der Waals surface area contributed by atoms with Gasteiger partial charge < -0.3 is 19.5 Å². The highest BCUT2D eigenvalue weighted by Gasteiger charge is 2.46. The number of unbranched alkanes of at least 4 members (excludes halogenated alkanes) is 1. The summed E-state index contributed by atoms with van der Waals surface area (Å²) in [5, 5.41) is 11.5. The fourth-order valence-corrected chi connectivity index (χ4v) is 4.26. The number of nitrogens with zero attached hydrogens (tertiary/aromatic N) is 1. The molecule has 0 aromatic heterocycles. The van der Waals surface area contributed by atoms with E-state index in [-0.39, 0.29) is 16.7 Å². The van der Waals surface area contributed by atoms with Crippen LogP contribution in [0.1, 0.15) is 76.6 Å². The summed E-state index contributed by atoms with van der Waals surface area (Å²) in [5.41, 5.74) is 2.03. The van der Waals surface area contributed by atoms with E-state index in [1.807, 2.05) is 50.2 Å². The maximum absolute atomic E-state index is 13.3. The van der Waals surface area contributed by atoms with Crippen LogP contribution in [0.15, 0.2) is 48.0 Å². The first-order valence-electron chi connectivity index (χ1n) is 12.3. The molecule has 3 rings (SSSR count). The standard InChI is InChI=1S/C29H37NO5/c1-7-9-16-30-25(19-10-13-21(14-11-19)35-17-8-2)24(27(32)28(30)33)26(31)22-18-20(29(3,4)5)12-15-23(22)34-6/h10-15,18,25,31H,7-9,16-17H2,1-6H3/b26-24+. The third kappa shape index (κ3) is 5.53. The van der Waals surface area contributed by atoms with E-state index in [1.54, 1.807) is 11.0 Å². The SMILES string of the molecule is CCCCN1C(=O)C(=O)/C(=C(/O)c2cc(C(C)(C)C)ccc2OC)C1c1ccc(OCCC)cc1. The van der Waals surface area contributed by atoms with Gasteiger partial charge in [-0.05, 0) is 53.6 Å². The van der Waals surface area contributed by atoms with E-state index < -0.39 is 17.7 Å². The molecule has 1 aliphatic heterocycles. The first kappa shape index (κ1) is 26.3. The number of hydrogen-bond acceptors (Lipinski definition) is 5. The minimum absolute atomic E-state index is 0.0812. The van der Waals surface area contributed by atoms with Crippen LogP contribution in [0, 0.1) is 0 Å². The first-order chi connectivity index (χ1) is 16.6. The number of likely N-dealkylation sites (tertiary alicyclic amines) is 1. The largest absolute Gasteiger partial charge is 0.507 e. The van der Waals surface area contributed by atoms with Crippen molar-refractivity contribution >= 4 is 17.4 Å². The molecule has 2 aromatic carbocycles. The molecule has 6 heteroatoms. The van der Waals surface area contributed by atoms with Crippen LogP contribution in [-0.4, -0.2) is 42.0 Å². The number of Topliss-reactive ketones (excluding diaryl/α,β-unsaturated/α-hetero) is 1. The van der Waals surface area contributed by atoms with E-state index >= 15 is 0 Å². The molecule has 1 amide bonds. The molecule has 1 unspecified atom stereocenters. The molecule has 0 saturated carbocycles. The molecule has 188 valence electrons. The Hall–Kier alpha value is -3.28. The maximum atomic E-state index is 13.3. The number of methoxy groups -OCH3 is 1. The molecule has 6 nitrogen and oxygen atoms in total. The predicted octanol–water partition coefficient (Wildman–Crippen LogP) is 6.00. The molecule has 0 bridgehead atoms. The Balaban J connectivity index is 2.18. The van der Waals surface area contributed by atoms with E-state index in [0.717, 1.165) is 36.1 Å². The fourth-order valence-electron chi connectivity index (χ4n) is 4.26. The van der Waals surface area contributed by atoms with Crippen molar-refractivity contribution in [3.05, 3.63) is 64.7 Å². The highest BCUT2D eigenvalue weighted by Crippen LogP contribution is 2.42. The van der Waals surface area contributed by atoms with Gasteiger partial charge in [0, 0.05) is 6.54 Å². The molecule has 0 radical (unpaired) electrons. The Morgan fingerprint density at radius 3 is 2.29 bits per heavy atom. The van der Waals surface area contributed by atoms with Crippen molar-refractivity contribution in [1.29, 1.82) is 0 Å². The van der Waals surface area contributed by atoms with Gasteiger partial charge in [-0.1, -0.05) is 59.2 Å².